The molecule has 1 aliphatic heterocycles. The standard InChI is InChI=1S/C18H19N5O3/c1-22-9-13(8-19-22)16-7-17(24)21-23(16)10-14-11-26-18(20-14)12-4-3-5-15(6-12)25-2/h3-6,8-9,11,16H,7,10H2,1-2H3,(H,21,24). The number of aryl methyl sites for hydroxylation is 1. The highest BCUT2D eigenvalue weighted by atomic mass is 16.5. The van der Waals surface area contributed by atoms with Gasteiger partial charge in [-0.2, -0.15) is 5.10 Å². The lowest BCUT2D eigenvalue weighted by Gasteiger charge is -2.20. The molecule has 1 fully saturated rings. The fourth-order valence-electron chi connectivity index (χ4n) is 3.07. The summed E-state index contributed by atoms with van der Waals surface area (Å²) in [5, 5.41) is 6.06. The first-order chi connectivity index (χ1) is 12.6. The molecule has 4 rings (SSSR count). The van der Waals surface area contributed by atoms with Crippen molar-refractivity contribution in [1.29, 1.82) is 0 Å². The van der Waals surface area contributed by atoms with Crippen molar-refractivity contribution in [3.8, 4) is 17.2 Å². The Hall–Kier alpha value is -3.13. The van der Waals surface area contributed by atoms with E-state index >= 15 is 0 Å². The van der Waals surface area contributed by atoms with Crippen LogP contribution in [0.15, 0.2) is 47.3 Å². The number of benzene rings is 1. The van der Waals surface area contributed by atoms with Gasteiger partial charge in [-0.3, -0.25) is 14.9 Å². The molecule has 1 aliphatic rings. The Labute approximate surface area is 150 Å². The van der Waals surface area contributed by atoms with Gasteiger partial charge in [-0.1, -0.05) is 6.07 Å². The molecule has 1 atom stereocenters. The zero-order valence-electron chi connectivity index (χ0n) is 14.5. The second-order valence-corrected chi connectivity index (χ2v) is 6.21. The molecule has 1 amide bonds. The van der Waals surface area contributed by atoms with Crippen molar-refractivity contribution in [3.05, 3.63) is 54.2 Å². The first-order valence-electron chi connectivity index (χ1n) is 8.26. The Bertz CT molecular complexity index is 932. The highest BCUT2D eigenvalue weighted by molar-refractivity contribution is 5.78. The van der Waals surface area contributed by atoms with E-state index in [-0.39, 0.29) is 11.9 Å². The fraction of sp³-hybridized carbons (Fsp3) is 0.278. The number of hydrogen-bond acceptors (Lipinski definition) is 6. The number of ether oxygens (including phenoxy) is 1. The number of nitrogens with one attached hydrogen (secondary N) is 1. The second-order valence-electron chi connectivity index (χ2n) is 6.21. The van der Waals surface area contributed by atoms with Crippen LogP contribution in [0.2, 0.25) is 0 Å². The summed E-state index contributed by atoms with van der Waals surface area (Å²) in [6.07, 6.45) is 5.71. The summed E-state index contributed by atoms with van der Waals surface area (Å²) in [5.74, 6) is 1.24. The Morgan fingerprint density at radius 1 is 1.42 bits per heavy atom. The van der Waals surface area contributed by atoms with E-state index in [1.165, 1.54) is 0 Å². The molecule has 0 saturated carbocycles. The first-order valence-corrected chi connectivity index (χ1v) is 8.26. The maximum Gasteiger partial charge on any atom is 0.236 e. The number of amides is 1. The number of hydrogen-bond donors (Lipinski definition) is 1. The molecule has 0 spiro atoms. The normalized spacial score (nSPS) is 17.5. The Morgan fingerprint density at radius 2 is 2.31 bits per heavy atom. The molecule has 26 heavy (non-hydrogen) atoms. The maximum absolute atomic E-state index is 11.9. The van der Waals surface area contributed by atoms with Gasteiger partial charge in [-0.15, -0.1) is 0 Å². The largest absolute Gasteiger partial charge is 0.497 e. The summed E-state index contributed by atoms with van der Waals surface area (Å²) >= 11 is 0. The monoisotopic (exact) mass is 353 g/mol. The zero-order valence-corrected chi connectivity index (χ0v) is 14.5. The molecule has 0 radical (unpaired) electrons. The Morgan fingerprint density at radius 3 is 3.08 bits per heavy atom. The molecular weight excluding hydrogens is 334 g/mol. The lowest BCUT2D eigenvalue weighted by molar-refractivity contribution is -0.121. The van der Waals surface area contributed by atoms with E-state index in [1.54, 1.807) is 24.3 Å². The van der Waals surface area contributed by atoms with Crippen molar-refractivity contribution in [3.63, 3.8) is 0 Å². The number of hydrazine groups is 1. The van der Waals surface area contributed by atoms with Crippen LogP contribution in [0.25, 0.3) is 11.5 Å². The van der Waals surface area contributed by atoms with Crippen LogP contribution in [-0.2, 0) is 18.4 Å². The summed E-state index contributed by atoms with van der Waals surface area (Å²) in [7, 11) is 3.48. The zero-order chi connectivity index (χ0) is 18.1. The van der Waals surface area contributed by atoms with E-state index in [4.69, 9.17) is 9.15 Å². The van der Waals surface area contributed by atoms with Gasteiger partial charge in [0.2, 0.25) is 11.8 Å². The molecule has 0 bridgehead atoms. The SMILES string of the molecule is COc1cccc(-c2nc(CN3NC(=O)CC3c3cnn(C)c3)co2)c1. The van der Waals surface area contributed by atoms with Gasteiger partial charge in [-0.25, -0.2) is 9.99 Å². The highest BCUT2D eigenvalue weighted by Gasteiger charge is 2.32. The molecule has 8 heteroatoms. The van der Waals surface area contributed by atoms with E-state index < -0.39 is 0 Å². The van der Waals surface area contributed by atoms with Gasteiger partial charge in [0.15, 0.2) is 0 Å². The van der Waals surface area contributed by atoms with Gasteiger partial charge in [0.05, 0.1) is 31.6 Å². The van der Waals surface area contributed by atoms with Gasteiger partial charge in [0.1, 0.15) is 12.0 Å². The van der Waals surface area contributed by atoms with E-state index in [2.05, 4.69) is 15.5 Å². The highest BCUT2D eigenvalue weighted by Crippen LogP contribution is 2.29. The summed E-state index contributed by atoms with van der Waals surface area (Å²) in [6.45, 7) is 0.443. The molecule has 0 aliphatic carbocycles. The number of carbonyl (C=O) groups excluding carboxylic acids is 1. The molecule has 134 valence electrons. The molecular formula is C18H19N5O3. The van der Waals surface area contributed by atoms with Crippen LogP contribution in [0.4, 0.5) is 0 Å². The van der Waals surface area contributed by atoms with E-state index in [0.29, 0.717) is 18.9 Å². The number of methoxy groups -OCH3 is 1. The van der Waals surface area contributed by atoms with Crippen molar-refractivity contribution < 1.29 is 13.9 Å². The number of aromatic nitrogens is 3. The lowest BCUT2D eigenvalue weighted by Crippen LogP contribution is -2.34. The van der Waals surface area contributed by atoms with Crippen LogP contribution in [0.1, 0.15) is 23.7 Å². The van der Waals surface area contributed by atoms with Crippen LogP contribution < -0.4 is 10.2 Å². The summed E-state index contributed by atoms with van der Waals surface area (Å²) in [4.78, 5) is 16.4. The topological polar surface area (TPSA) is 85.4 Å². The average Bonchev–Trinajstić information content (AvgIpc) is 3.36. The number of oxazole rings is 1. The third kappa shape index (κ3) is 3.18. The number of carbonyl (C=O) groups is 1. The smallest absolute Gasteiger partial charge is 0.236 e. The molecule has 2 aromatic heterocycles. The second kappa shape index (κ2) is 6.64. The van der Waals surface area contributed by atoms with Gasteiger partial charge < -0.3 is 9.15 Å². The van der Waals surface area contributed by atoms with E-state index in [9.17, 15) is 4.79 Å². The molecule has 1 N–H and O–H groups in total. The van der Waals surface area contributed by atoms with Gasteiger partial charge in [0.25, 0.3) is 0 Å². The third-order valence-corrected chi connectivity index (χ3v) is 4.33. The van der Waals surface area contributed by atoms with Crippen molar-refractivity contribution >= 4 is 5.91 Å². The molecule has 8 nitrogen and oxygen atoms in total. The van der Waals surface area contributed by atoms with Crippen molar-refractivity contribution in [2.45, 2.75) is 19.0 Å². The third-order valence-electron chi connectivity index (χ3n) is 4.33. The fourth-order valence-corrected chi connectivity index (χ4v) is 3.07. The van der Waals surface area contributed by atoms with Crippen molar-refractivity contribution in [2.75, 3.05) is 7.11 Å². The van der Waals surface area contributed by atoms with Crippen LogP contribution >= 0.6 is 0 Å². The lowest BCUT2D eigenvalue weighted by atomic mass is 10.1. The number of nitrogens with zero attached hydrogens (tertiary/aromatic N) is 4. The molecule has 1 saturated heterocycles. The predicted molar refractivity (Wildman–Crippen MR) is 92.7 cm³/mol. The van der Waals surface area contributed by atoms with E-state index in [1.807, 2.05) is 42.5 Å². The van der Waals surface area contributed by atoms with Crippen molar-refractivity contribution in [1.82, 2.24) is 25.2 Å². The quantitative estimate of drug-likeness (QED) is 0.756. The molecule has 3 heterocycles. The first kappa shape index (κ1) is 16.3. The Balaban J connectivity index is 1.53. The predicted octanol–water partition coefficient (Wildman–Crippen LogP) is 2.06. The number of rotatable bonds is 5. The van der Waals surface area contributed by atoms with Crippen LogP contribution in [-0.4, -0.2) is 32.8 Å². The minimum Gasteiger partial charge on any atom is -0.497 e. The average molecular weight is 353 g/mol. The van der Waals surface area contributed by atoms with Gasteiger partial charge >= 0.3 is 0 Å². The van der Waals surface area contributed by atoms with E-state index in [0.717, 1.165) is 22.6 Å². The molecule has 1 unspecified atom stereocenters. The summed E-state index contributed by atoms with van der Waals surface area (Å²) in [5.41, 5.74) is 5.44. The van der Waals surface area contributed by atoms with Crippen LogP contribution in [0.3, 0.4) is 0 Å². The van der Waals surface area contributed by atoms with Gasteiger partial charge in [0, 0.05) is 30.8 Å². The molecule has 1 aromatic carbocycles. The van der Waals surface area contributed by atoms with Gasteiger partial charge in [-0.05, 0) is 18.2 Å². The molecule has 3 aromatic rings. The summed E-state index contributed by atoms with van der Waals surface area (Å²) in [6, 6.07) is 7.45. The van der Waals surface area contributed by atoms with Crippen LogP contribution in [0, 0.1) is 0 Å². The Kier molecular flexibility index (Phi) is 4.18. The van der Waals surface area contributed by atoms with Crippen molar-refractivity contribution in [2.24, 2.45) is 7.05 Å². The maximum atomic E-state index is 11.9. The summed E-state index contributed by atoms with van der Waals surface area (Å²) < 4.78 is 12.6. The minimum absolute atomic E-state index is 0.0182. The minimum atomic E-state index is -0.0758. The van der Waals surface area contributed by atoms with Crippen LogP contribution in [0.5, 0.6) is 5.75 Å².